The van der Waals surface area contributed by atoms with Crippen LogP contribution in [0, 0.1) is 0 Å². The summed E-state index contributed by atoms with van der Waals surface area (Å²) in [6.45, 7) is 3.78. The number of anilines is 2. The van der Waals surface area contributed by atoms with E-state index < -0.39 is 0 Å². The van der Waals surface area contributed by atoms with Crippen LogP contribution in [0.2, 0.25) is 0 Å². The predicted molar refractivity (Wildman–Crippen MR) is 91.3 cm³/mol. The SMILES string of the molecule is COc1cccc(N2CCN(c3ncnc4cc[nH]c34)CC2)c1. The van der Waals surface area contributed by atoms with E-state index in [4.69, 9.17) is 4.74 Å². The summed E-state index contributed by atoms with van der Waals surface area (Å²) in [6, 6.07) is 10.2. The quantitative estimate of drug-likeness (QED) is 0.804. The van der Waals surface area contributed by atoms with E-state index >= 15 is 0 Å². The molecule has 4 rings (SSSR count). The van der Waals surface area contributed by atoms with Crippen molar-refractivity contribution in [1.29, 1.82) is 0 Å². The molecule has 0 spiro atoms. The molecule has 118 valence electrons. The van der Waals surface area contributed by atoms with Crippen molar-refractivity contribution in [2.45, 2.75) is 0 Å². The minimum absolute atomic E-state index is 0.897. The van der Waals surface area contributed by atoms with E-state index in [0.29, 0.717) is 0 Å². The van der Waals surface area contributed by atoms with Crippen LogP contribution < -0.4 is 14.5 Å². The number of hydrogen-bond acceptors (Lipinski definition) is 5. The number of benzene rings is 1. The fourth-order valence-corrected chi connectivity index (χ4v) is 3.08. The zero-order valence-corrected chi connectivity index (χ0v) is 13.1. The van der Waals surface area contributed by atoms with Gasteiger partial charge in [-0.3, -0.25) is 0 Å². The zero-order valence-electron chi connectivity index (χ0n) is 13.1. The minimum atomic E-state index is 0.897. The molecule has 1 saturated heterocycles. The monoisotopic (exact) mass is 309 g/mol. The predicted octanol–water partition coefficient (Wildman–Crippen LogP) is 2.29. The topological polar surface area (TPSA) is 57.3 Å². The number of nitrogens with one attached hydrogen (secondary N) is 1. The van der Waals surface area contributed by atoms with Gasteiger partial charge in [-0.25, -0.2) is 9.97 Å². The van der Waals surface area contributed by atoms with E-state index in [0.717, 1.165) is 48.8 Å². The van der Waals surface area contributed by atoms with Gasteiger partial charge in [0, 0.05) is 44.1 Å². The Morgan fingerprint density at radius 2 is 1.87 bits per heavy atom. The summed E-state index contributed by atoms with van der Waals surface area (Å²) >= 11 is 0. The molecule has 0 radical (unpaired) electrons. The molecule has 0 aliphatic carbocycles. The molecule has 1 aliphatic rings. The fraction of sp³-hybridized carbons (Fsp3) is 0.294. The van der Waals surface area contributed by atoms with Crippen LogP contribution in [-0.4, -0.2) is 48.2 Å². The Kier molecular flexibility index (Phi) is 3.49. The normalized spacial score (nSPS) is 15.2. The molecule has 1 aromatic carbocycles. The summed E-state index contributed by atoms with van der Waals surface area (Å²) < 4.78 is 5.32. The van der Waals surface area contributed by atoms with Crippen molar-refractivity contribution in [3.05, 3.63) is 42.9 Å². The van der Waals surface area contributed by atoms with Gasteiger partial charge in [-0.05, 0) is 18.2 Å². The lowest BCUT2D eigenvalue weighted by molar-refractivity contribution is 0.414. The molecule has 0 amide bonds. The number of fused-ring (bicyclic) bond motifs is 1. The maximum absolute atomic E-state index is 5.32. The summed E-state index contributed by atoms with van der Waals surface area (Å²) in [4.78, 5) is 16.7. The van der Waals surface area contributed by atoms with Gasteiger partial charge in [0.1, 0.15) is 17.6 Å². The molecule has 1 N–H and O–H groups in total. The van der Waals surface area contributed by atoms with Crippen molar-refractivity contribution in [3.8, 4) is 5.75 Å². The molecule has 3 heterocycles. The molecule has 6 heteroatoms. The number of nitrogens with zero attached hydrogens (tertiary/aromatic N) is 4. The second-order valence-corrected chi connectivity index (χ2v) is 5.61. The number of H-pyrrole nitrogens is 1. The van der Waals surface area contributed by atoms with E-state index in [1.807, 2.05) is 24.4 Å². The van der Waals surface area contributed by atoms with E-state index in [9.17, 15) is 0 Å². The molecule has 1 aliphatic heterocycles. The van der Waals surface area contributed by atoms with E-state index in [-0.39, 0.29) is 0 Å². The van der Waals surface area contributed by atoms with Crippen LogP contribution in [0.5, 0.6) is 5.75 Å². The van der Waals surface area contributed by atoms with Crippen LogP contribution in [0.3, 0.4) is 0 Å². The maximum atomic E-state index is 5.32. The molecule has 0 unspecified atom stereocenters. The molecule has 0 atom stereocenters. The van der Waals surface area contributed by atoms with Gasteiger partial charge in [-0.2, -0.15) is 0 Å². The average molecular weight is 309 g/mol. The molecule has 0 saturated carbocycles. The first-order chi connectivity index (χ1) is 11.3. The largest absolute Gasteiger partial charge is 0.497 e. The van der Waals surface area contributed by atoms with Gasteiger partial charge in [-0.1, -0.05) is 6.07 Å². The first-order valence-corrected chi connectivity index (χ1v) is 7.77. The third-order valence-corrected chi connectivity index (χ3v) is 4.32. The van der Waals surface area contributed by atoms with Crippen LogP contribution in [-0.2, 0) is 0 Å². The second kappa shape index (κ2) is 5.79. The van der Waals surface area contributed by atoms with Crippen molar-refractivity contribution in [2.24, 2.45) is 0 Å². The molecule has 3 aromatic rings. The van der Waals surface area contributed by atoms with Crippen LogP contribution in [0.4, 0.5) is 11.5 Å². The van der Waals surface area contributed by atoms with Crippen molar-refractivity contribution >= 4 is 22.5 Å². The Hall–Kier alpha value is -2.76. The Labute approximate surface area is 134 Å². The van der Waals surface area contributed by atoms with Gasteiger partial charge in [0.05, 0.1) is 12.6 Å². The molecule has 6 nitrogen and oxygen atoms in total. The standard InChI is InChI=1S/C17H19N5O/c1-23-14-4-2-3-13(11-14)21-7-9-22(10-8-21)17-16-15(5-6-18-16)19-12-20-17/h2-6,11-12,18H,7-10H2,1H3. The summed E-state index contributed by atoms with van der Waals surface area (Å²) in [7, 11) is 1.70. The van der Waals surface area contributed by atoms with Crippen molar-refractivity contribution in [3.63, 3.8) is 0 Å². The lowest BCUT2D eigenvalue weighted by Crippen LogP contribution is -2.46. The van der Waals surface area contributed by atoms with Gasteiger partial charge in [-0.15, -0.1) is 0 Å². The summed E-state index contributed by atoms with van der Waals surface area (Å²) in [5, 5.41) is 0. The van der Waals surface area contributed by atoms with Gasteiger partial charge < -0.3 is 19.5 Å². The number of hydrogen-bond donors (Lipinski definition) is 1. The fourth-order valence-electron chi connectivity index (χ4n) is 3.08. The minimum Gasteiger partial charge on any atom is -0.497 e. The Morgan fingerprint density at radius 3 is 2.70 bits per heavy atom. The molecule has 1 fully saturated rings. The van der Waals surface area contributed by atoms with Crippen molar-refractivity contribution < 1.29 is 4.74 Å². The molecule has 2 aromatic heterocycles. The molecular weight excluding hydrogens is 290 g/mol. The Balaban J connectivity index is 1.51. The molecular formula is C17H19N5O. The lowest BCUT2D eigenvalue weighted by atomic mass is 10.2. The summed E-state index contributed by atoms with van der Waals surface area (Å²) in [6.07, 6.45) is 3.55. The van der Waals surface area contributed by atoms with Crippen LogP contribution in [0.25, 0.3) is 11.0 Å². The highest BCUT2D eigenvalue weighted by atomic mass is 16.5. The highest BCUT2D eigenvalue weighted by Crippen LogP contribution is 2.25. The number of aromatic amines is 1. The average Bonchev–Trinajstić information content (AvgIpc) is 3.11. The van der Waals surface area contributed by atoms with Crippen molar-refractivity contribution in [2.75, 3.05) is 43.1 Å². The first-order valence-electron chi connectivity index (χ1n) is 7.77. The van der Waals surface area contributed by atoms with Gasteiger partial charge >= 0.3 is 0 Å². The third-order valence-electron chi connectivity index (χ3n) is 4.32. The number of ether oxygens (including phenoxy) is 1. The number of piperazine rings is 1. The van der Waals surface area contributed by atoms with Crippen LogP contribution in [0.1, 0.15) is 0 Å². The Morgan fingerprint density at radius 1 is 1.04 bits per heavy atom. The third kappa shape index (κ3) is 2.56. The number of methoxy groups -OCH3 is 1. The number of rotatable bonds is 3. The Bertz CT molecular complexity index is 807. The summed E-state index contributed by atoms with van der Waals surface area (Å²) in [5.74, 6) is 1.89. The van der Waals surface area contributed by atoms with Crippen LogP contribution >= 0.6 is 0 Å². The van der Waals surface area contributed by atoms with Gasteiger partial charge in [0.15, 0.2) is 5.82 Å². The lowest BCUT2D eigenvalue weighted by Gasteiger charge is -2.36. The highest BCUT2D eigenvalue weighted by Gasteiger charge is 2.20. The second-order valence-electron chi connectivity index (χ2n) is 5.61. The van der Waals surface area contributed by atoms with E-state index in [2.05, 4.69) is 36.9 Å². The molecule has 23 heavy (non-hydrogen) atoms. The van der Waals surface area contributed by atoms with E-state index in [1.165, 1.54) is 5.69 Å². The van der Waals surface area contributed by atoms with Crippen LogP contribution in [0.15, 0.2) is 42.9 Å². The highest BCUT2D eigenvalue weighted by molar-refractivity contribution is 5.86. The zero-order chi connectivity index (χ0) is 15.6. The smallest absolute Gasteiger partial charge is 0.156 e. The van der Waals surface area contributed by atoms with E-state index in [1.54, 1.807) is 13.4 Å². The number of aromatic nitrogens is 3. The summed E-state index contributed by atoms with van der Waals surface area (Å²) in [5.41, 5.74) is 3.18. The van der Waals surface area contributed by atoms with Gasteiger partial charge in [0.2, 0.25) is 0 Å². The molecule has 0 bridgehead atoms. The first kappa shape index (κ1) is 13.9. The van der Waals surface area contributed by atoms with Crippen molar-refractivity contribution in [1.82, 2.24) is 15.0 Å². The van der Waals surface area contributed by atoms with Gasteiger partial charge in [0.25, 0.3) is 0 Å². The maximum Gasteiger partial charge on any atom is 0.156 e.